The number of rotatable bonds is 26. The van der Waals surface area contributed by atoms with Crippen molar-refractivity contribution < 1.29 is 32.9 Å². The average molecular weight is 551 g/mol. The standard InChI is InChI=1S/C28H59N2O6P/c1-6-8-9-10-11-12-13-14-15-16-17-18-19-20-21-22-28(31)29-24-26(35-7-2)23-27(25-30(3,4)5)36-37(32,33)34/h26-27H,6-25H2,1-5H3,(H2-,29,31,32,33,34). The summed E-state index contributed by atoms with van der Waals surface area (Å²) in [4.78, 5) is 32.8. The summed E-state index contributed by atoms with van der Waals surface area (Å²) in [6.45, 7) is 5.22. The number of hydrogen-bond donors (Lipinski definition) is 2. The van der Waals surface area contributed by atoms with E-state index in [4.69, 9.17) is 14.2 Å². The van der Waals surface area contributed by atoms with Crippen LogP contribution in [0.4, 0.5) is 0 Å². The van der Waals surface area contributed by atoms with Gasteiger partial charge in [0.2, 0.25) is 5.91 Å². The van der Waals surface area contributed by atoms with Crippen molar-refractivity contribution in [3.8, 4) is 0 Å². The molecule has 9 heteroatoms. The zero-order chi connectivity index (χ0) is 28.0. The van der Waals surface area contributed by atoms with Crippen molar-refractivity contribution >= 4 is 13.7 Å². The molecule has 0 spiro atoms. The zero-order valence-electron chi connectivity index (χ0n) is 24.7. The van der Waals surface area contributed by atoms with Crippen LogP contribution in [-0.2, 0) is 18.6 Å². The maximum atomic E-state index is 12.3. The van der Waals surface area contributed by atoms with Gasteiger partial charge < -0.3 is 28.8 Å². The molecule has 0 aliphatic heterocycles. The quantitative estimate of drug-likeness (QED) is 0.0811. The normalized spacial score (nSPS) is 15.3. The van der Waals surface area contributed by atoms with Crippen molar-refractivity contribution in [2.75, 3.05) is 40.8 Å². The number of ether oxygens (including phenoxy) is 1. The molecule has 37 heavy (non-hydrogen) atoms. The highest BCUT2D eigenvalue weighted by molar-refractivity contribution is 7.44. The number of quaternary nitrogens is 1. The number of carbonyl (C=O) groups is 1. The van der Waals surface area contributed by atoms with Crippen molar-refractivity contribution in [2.24, 2.45) is 0 Å². The summed E-state index contributed by atoms with van der Waals surface area (Å²) >= 11 is 0. The van der Waals surface area contributed by atoms with Gasteiger partial charge in [0.25, 0.3) is 7.82 Å². The van der Waals surface area contributed by atoms with Gasteiger partial charge in [-0.1, -0.05) is 96.8 Å². The third-order valence-corrected chi connectivity index (χ3v) is 7.06. The fourth-order valence-corrected chi connectivity index (χ4v) is 5.19. The Morgan fingerprint density at radius 2 is 1.30 bits per heavy atom. The van der Waals surface area contributed by atoms with Crippen LogP contribution in [0.2, 0.25) is 0 Å². The number of phosphoric ester groups is 1. The van der Waals surface area contributed by atoms with E-state index in [0.717, 1.165) is 12.8 Å². The highest BCUT2D eigenvalue weighted by Gasteiger charge is 2.26. The van der Waals surface area contributed by atoms with Crippen LogP contribution in [0.5, 0.6) is 0 Å². The molecule has 1 amide bonds. The lowest BCUT2D eigenvalue weighted by Crippen LogP contribution is -2.45. The monoisotopic (exact) mass is 550 g/mol. The van der Waals surface area contributed by atoms with Gasteiger partial charge in [-0.15, -0.1) is 0 Å². The molecule has 222 valence electrons. The minimum Gasteiger partial charge on any atom is -0.756 e. The third-order valence-electron chi connectivity index (χ3n) is 6.50. The van der Waals surface area contributed by atoms with E-state index in [1.54, 1.807) is 0 Å². The predicted octanol–water partition coefficient (Wildman–Crippen LogP) is 5.71. The molecule has 0 saturated carbocycles. The Balaban J connectivity index is 3.95. The molecule has 0 aromatic rings. The first-order chi connectivity index (χ1) is 17.5. The van der Waals surface area contributed by atoms with Crippen LogP contribution in [0.3, 0.4) is 0 Å². The molecule has 0 aromatic carbocycles. The SMILES string of the molecule is CCCCCCCCCCCCCCCCCC(=O)NCC(CC(C[N+](C)(C)C)OP(=O)([O-])O)OCC. The van der Waals surface area contributed by atoms with Crippen LogP contribution in [0.25, 0.3) is 0 Å². The number of unbranched alkanes of at least 4 members (excludes halogenated alkanes) is 14. The van der Waals surface area contributed by atoms with Crippen LogP contribution >= 0.6 is 7.82 Å². The molecular weight excluding hydrogens is 491 g/mol. The van der Waals surface area contributed by atoms with E-state index < -0.39 is 20.0 Å². The first kappa shape index (κ1) is 36.5. The van der Waals surface area contributed by atoms with Gasteiger partial charge in [0, 0.05) is 26.0 Å². The van der Waals surface area contributed by atoms with Crippen molar-refractivity contribution in [3.05, 3.63) is 0 Å². The van der Waals surface area contributed by atoms with Crippen LogP contribution in [0, 0.1) is 0 Å². The lowest BCUT2D eigenvalue weighted by Gasteiger charge is -2.33. The molecular formula is C28H59N2O6P. The number of amides is 1. The highest BCUT2D eigenvalue weighted by atomic mass is 31.2. The van der Waals surface area contributed by atoms with E-state index in [2.05, 4.69) is 12.2 Å². The van der Waals surface area contributed by atoms with Crippen molar-refractivity contribution in [1.82, 2.24) is 5.32 Å². The first-order valence-electron chi connectivity index (χ1n) is 14.9. The molecule has 0 fully saturated rings. The Hall–Kier alpha value is -0.500. The number of nitrogens with zero attached hydrogens (tertiary/aromatic N) is 1. The van der Waals surface area contributed by atoms with Gasteiger partial charge >= 0.3 is 0 Å². The van der Waals surface area contributed by atoms with Gasteiger partial charge in [-0.25, -0.2) is 0 Å². The second kappa shape index (κ2) is 22.3. The van der Waals surface area contributed by atoms with E-state index in [-0.39, 0.29) is 18.9 Å². The van der Waals surface area contributed by atoms with Crippen molar-refractivity contribution in [1.29, 1.82) is 0 Å². The Kier molecular flexibility index (Phi) is 22.0. The average Bonchev–Trinajstić information content (AvgIpc) is 2.78. The van der Waals surface area contributed by atoms with Crippen LogP contribution in [0.15, 0.2) is 0 Å². The summed E-state index contributed by atoms with van der Waals surface area (Å²) in [6, 6.07) is 0. The summed E-state index contributed by atoms with van der Waals surface area (Å²) in [6.07, 6.45) is 19.0. The van der Waals surface area contributed by atoms with E-state index in [1.807, 2.05) is 28.1 Å². The molecule has 8 nitrogen and oxygen atoms in total. The maximum absolute atomic E-state index is 12.3. The minimum absolute atomic E-state index is 0.0138. The molecule has 0 rings (SSSR count). The van der Waals surface area contributed by atoms with Gasteiger partial charge in [-0.2, -0.15) is 0 Å². The summed E-state index contributed by atoms with van der Waals surface area (Å²) in [5.74, 6) is -0.0138. The van der Waals surface area contributed by atoms with Crippen molar-refractivity contribution in [2.45, 2.75) is 135 Å². The fraction of sp³-hybridized carbons (Fsp3) is 0.964. The van der Waals surface area contributed by atoms with E-state index in [9.17, 15) is 14.3 Å². The smallest absolute Gasteiger partial charge is 0.265 e. The maximum Gasteiger partial charge on any atom is 0.265 e. The molecule has 0 saturated heterocycles. The molecule has 3 unspecified atom stereocenters. The first-order valence-corrected chi connectivity index (χ1v) is 16.4. The second-order valence-corrected chi connectivity index (χ2v) is 12.6. The Morgan fingerprint density at radius 1 is 0.838 bits per heavy atom. The summed E-state index contributed by atoms with van der Waals surface area (Å²) in [5, 5.41) is 2.91. The Labute approximate surface area is 228 Å². The van der Waals surface area contributed by atoms with Crippen LogP contribution < -0.4 is 10.2 Å². The Bertz CT molecular complexity index is 594. The highest BCUT2D eigenvalue weighted by Crippen LogP contribution is 2.34. The minimum atomic E-state index is -4.86. The summed E-state index contributed by atoms with van der Waals surface area (Å²) < 4.78 is 22.4. The molecule has 0 aliphatic rings. The molecule has 3 atom stereocenters. The number of hydrogen-bond acceptors (Lipinski definition) is 5. The lowest BCUT2D eigenvalue weighted by molar-refractivity contribution is -0.873. The molecule has 0 radical (unpaired) electrons. The number of likely N-dealkylation sites (N-methyl/N-ethyl adjacent to an activating group) is 1. The number of carbonyl (C=O) groups excluding carboxylic acids is 1. The van der Waals surface area contributed by atoms with Crippen LogP contribution in [0.1, 0.15) is 123 Å². The van der Waals surface area contributed by atoms with E-state index in [1.165, 1.54) is 83.5 Å². The van der Waals surface area contributed by atoms with Crippen LogP contribution in [-0.4, -0.2) is 68.3 Å². The van der Waals surface area contributed by atoms with Gasteiger partial charge in [-0.3, -0.25) is 9.36 Å². The molecule has 0 aliphatic carbocycles. The largest absolute Gasteiger partial charge is 0.756 e. The fourth-order valence-electron chi connectivity index (χ4n) is 4.66. The Morgan fingerprint density at radius 3 is 1.70 bits per heavy atom. The topological polar surface area (TPSA) is 108 Å². The lowest BCUT2D eigenvalue weighted by atomic mass is 10.0. The number of nitrogens with one attached hydrogen (secondary N) is 1. The third kappa shape index (κ3) is 26.9. The predicted molar refractivity (Wildman–Crippen MR) is 150 cm³/mol. The van der Waals surface area contributed by atoms with Gasteiger partial charge in [0.05, 0.1) is 27.2 Å². The zero-order valence-corrected chi connectivity index (χ0v) is 25.6. The van der Waals surface area contributed by atoms with Gasteiger partial charge in [-0.05, 0) is 13.3 Å². The van der Waals surface area contributed by atoms with Gasteiger partial charge in [0.15, 0.2) is 0 Å². The van der Waals surface area contributed by atoms with E-state index in [0.29, 0.717) is 24.1 Å². The molecule has 0 aromatic heterocycles. The van der Waals surface area contributed by atoms with E-state index >= 15 is 0 Å². The number of phosphoric acid groups is 1. The molecule has 2 N–H and O–H groups in total. The molecule has 0 bridgehead atoms. The summed E-state index contributed by atoms with van der Waals surface area (Å²) in [7, 11) is 0.880. The van der Waals surface area contributed by atoms with Gasteiger partial charge in [0.1, 0.15) is 12.6 Å². The second-order valence-electron chi connectivity index (χ2n) is 11.5. The summed E-state index contributed by atoms with van der Waals surface area (Å²) in [5.41, 5.74) is 0. The van der Waals surface area contributed by atoms with Crippen molar-refractivity contribution in [3.63, 3.8) is 0 Å². The molecule has 0 heterocycles.